The molecule has 0 amide bonds. The minimum atomic E-state index is 0.712. The average molecular weight is 430 g/mol. The lowest BCUT2D eigenvalue weighted by atomic mass is 10.2. The molecule has 0 aliphatic carbocycles. The number of benzene rings is 2. The Balaban J connectivity index is 1.69. The number of nitrogens with zero attached hydrogens (tertiary/aromatic N) is 2. The van der Waals surface area contributed by atoms with E-state index in [9.17, 15) is 0 Å². The Kier molecular flexibility index (Phi) is 8.30. The smallest absolute Gasteiger partial charge is 0.173 e. The molecule has 1 N–H and O–H groups in total. The number of hydrogen-bond donors (Lipinski definition) is 1. The van der Waals surface area contributed by atoms with Crippen molar-refractivity contribution in [3.05, 3.63) is 53.6 Å². The fraction of sp³-hybridized carbons (Fsp3) is 0.435. The van der Waals surface area contributed by atoms with Crippen molar-refractivity contribution in [3.8, 4) is 11.5 Å². The van der Waals surface area contributed by atoms with Crippen LogP contribution in [0, 0.1) is 6.92 Å². The summed E-state index contributed by atoms with van der Waals surface area (Å²) in [6.07, 6.45) is 0. The van der Waals surface area contributed by atoms with Crippen molar-refractivity contribution in [2.45, 2.75) is 13.5 Å². The van der Waals surface area contributed by atoms with Crippen molar-refractivity contribution >= 4 is 23.0 Å². The molecule has 0 saturated carbocycles. The molecule has 2 aromatic rings. The van der Waals surface area contributed by atoms with E-state index in [1.807, 2.05) is 31.2 Å². The Morgan fingerprint density at radius 1 is 1.10 bits per heavy atom. The second kappa shape index (κ2) is 11.2. The third kappa shape index (κ3) is 6.32. The van der Waals surface area contributed by atoms with Crippen LogP contribution in [0.3, 0.4) is 0 Å². The SMILES string of the molecule is COc1ccc(CN(CCN2CCOCC2)C(=S)Nc2ccc(OC)c(C)c2)cc1. The van der Waals surface area contributed by atoms with Gasteiger partial charge in [0.05, 0.1) is 27.4 Å². The fourth-order valence-corrected chi connectivity index (χ4v) is 3.72. The number of methoxy groups -OCH3 is 2. The third-order valence-corrected chi connectivity index (χ3v) is 5.62. The van der Waals surface area contributed by atoms with E-state index in [-0.39, 0.29) is 0 Å². The molecule has 0 unspecified atom stereocenters. The predicted molar refractivity (Wildman–Crippen MR) is 125 cm³/mol. The summed E-state index contributed by atoms with van der Waals surface area (Å²) in [6.45, 7) is 8.08. The lowest BCUT2D eigenvalue weighted by Gasteiger charge is -2.31. The zero-order valence-corrected chi connectivity index (χ0v) is 18.8. The normalized spacial score (nSPS) is 14.2. The van der Waals surface area contributed by atoms with E-state index in [0.29, 0.717) is 5.11 Å². The van der Waals surface area contributed by atoms with Crippen LogP contribution in [-0.4, -0.2) is 68.5 Å². The average Bonchev–Trinajstić information content (AvgIpc) is 2.78. The standard InChI is InChI=1S/C23H31N3O3S/c1-18-16-20(6-9-22(18)28-3)24-23(30)26(11-10-25-12-14-29-15-13-25)17-19-4-7-21(27-2)8-5-19/h4-9,16H,10-15,17H2,1-3H3,(H,24,30). The first-order valence-corrected chi connectivity index (χ1v) is 10.6. The van der Waals surface area contributed by atoms with E-state index < -0.39 is 0 Å². The molecule has 30 heavy (non-hydrogen) atoms. The molecular formula is C23H31N3O3S. The van der Waals surface area contributed by atoms with Gasteiger partial charge in [0.2, 0.25) is 0 Å². The van der Waals surface area contributed by atoms with Gasteiger partial charge in [0.1, 0.15) is 11.5 Å². The van der Waals surface area contributed by atoms with Gasteiger partial charge < -0.3 is 24.4 Å². The van der Waals surface area contributed by atoms with Crippen molar-refractivity contribution in [2.24, 2.45) is 0 Å². The summed E-state index contributed by atoms with van der Waals surface area (Å²) in [5, 5.41) is 4.11. The topological polar surface area (TPSA) is 46.2 Å². The summed E-state index contributed by atoms with van der Waals surface area (Å²) in [5.74, 6) is 1.72. The molecule has 0 spiro atoms. The molecule has 7 heteroatoms. The summed E-state index contributed by atoms with van der Waals surface area (Å²) in [6, 6.07) is 14.1. The maximum atomic E-state index is 5.79. The summed E-state index contributed by atoms with van der Waals surface area (Å²) in [5.41, 5.74) is 3.22. The maximum Gasteiger partial charge on any atom is 0.173 e. The summed E-state index contributed by atoms with van der Waals surface area (Å²) < 4.78 is 16.1. The van der Waals surface area contributed by atoms with Crippen LogP contribution in [0.5, 0.6) is 11.5 Å². The molecular weight excluding hydrogens is 398 g/mol. The van der Waals surface area contributed by atoms with Gasteiger partial charge in [-0.15, -0.1) is 0 Å². The second-order valence-corrected chi connectivity index (χ2v) is 7.72. The van der Waals surface area contributed by atoms with Crippen LogP contribution in [0.25, 0.3) is 0 Å². The summed E-state index contributed by atoms with van der Waals surface area (Å²) in [7, 11) is 3.36. The highest BCUT2D eigenvalue weighted by Gasteiger charge is 2.16. The zero-order valence-electron chi connectivity index (χ0n) is 18.0. The molecule has 0 bridgehead atoms. The number of thiocarbonyl (C=S) groups is 1. The summed E-state index contributed by atoms with van der Waals surface area (Å²) in [4.78, 5) is 4.64. The van der Waals surface area contributed by atoms with Gasteiger partial charge in [0.25, 0.3) is 0 Å². The molecule has 0 atom stereocenters. The Morgan fingerprint density at radius 3 is 2.47 bits per heavy atom. The molecule has 162 valence electrons. The Hall–Kier alpha value is -2.35. The molecule has 6 nitrogen and oxygen atoms in total. The minimum absolute atomic E-state index is 0.712. The van der Waals surface area contributed by atoms with Gasteiger partial charge >= 0.3 is 0 Å². The van der Waals surface area contributed by atoms with Crippen LogP contribution in [0.1, 0.15) is 11.1 Å². The van der Waals surface area contributed by atoms with Crippen molar-refractivity contribution in [2.75, 3.05) is 58.9 Å². The van der Waals surface area contributed by atoms with Gasteiger partial charge in [0, 0.05) is 38.4 Å². The third-order valence-electron chi connectivity index (χ3n) is 5.26. The molecule has 1 saturated heterocycles. The molecule has 3 rings (SSSR count). The zero-order chi connectivity index (χ0) is 21.3. The second-order valence-electron chi connectivity index (χ2n) is 7.34. The monoisotopic (exact) mass is 429 g/mol. The highest BCUT2D eigenvalue weighted by atomic mass is 32.1. The van der Waals surface area contributed by atoms with E-state index in [1.165, 1.54) is 5.56 Å². The molecule has 2 aromatic carbocycles. The van der Waals surface area contributed by atoms with Gasteiger partial charge in [-0.25, -0.2) is 0 Å². The molecule has 1 fully saturated rings. The molecule has 0 radical (unpaired) electrons. The highest BCUT2D eigenvalue weighted by Crippen LogP contribution is 2.22. The molecule has 0 aromatic heterocycles. The molecule has 1 aliphatic rings. The van der Waals surface area contributed by atoms with Gasteiger partial charge in [-0.1, -0.05) is 12.1 Å². The van der Waals surface area contributed by atoms with Crippen LogP contribution in [0.15, 0.2) is 42.5 Å². The van der Waals surface area contributed by atoms with E-state index in [4.69, 9.17) is 26.4 Å². The number of aryl methyl sites for hydroxylation is 1. The minimum Gasteiger partial charge on any atom is -0.497 e. The molecule has 1 heterocycles. The number of hydrogen-bond acceptors (Lipinski definition) is 5. The lowest BCUT2D eigenvalue weighted by Crippen LogP contribution is -2.43. The number of morpholine rings is 1. The van der Waals surface area contributed by atoms with Crippen LogP contribution >= 0.6 is 12.2 Å². The Morgan fingerprint density at radius 2 is 1.83 bits per heavy atom. The molecule has 1 aliphatic heterocycles. The number of anilines is 1. The largest absolute Gasteiger partial charge is 0.497 e. The van der Waals surface area contributed by atoms with Gasteiger partial charge in [-0.05, 0) is 60.6 Å². The fourth-order valence-electron chi connectivity index (χ4n) is 3.45. The van der Waals surface area contributed by atoms with E-state index >= 15 is 0 Å². The summed E-state index contributed by atoms with van der Waals surface area (Å²) >= 11 is 5.79. The van der Waals surface area contributed by atoms with Crippen molar-refractivity contribution in [1.29, 1.82) is 0 Å². The first kappa shape index (κ1) is 22.3. The highest BCUT2D eigenvalue weighted by molar-refractivity contribution is 7.80. The lowest BCUT2D eigenvalue weighted by molar-refractivity contribution is 0.0358. The van der Waals surface area contributed by atoms with E-state index in [0.717, 1.165) is 68.7 Å². The van der Waals surface area contributed by atoms with Crippen LogP contribution in [0.2, 0.25) is 0 Å². The van der Waals surface area contributed by atoms with E-state index in [2.05, 4.69) is 33.3 Å². The maximum absolute atomic E-state index is 5.79. The van der Waals surface area contributed by atoms with Crippen LogP contribution in [0.4, 0.5) is 5.69 Å². The Labute approximate surface area is 184 Å². The first-order chi connectivity index (χ1) is 14.6. The Bertz CT molecular complexity index is 823. The number of nitrogens with one attached hydrogen (secondary N) is 1. The van der Waals surface area contributed by atoms with E-state index in [1.54, 1.807) is 14.2 Å². The van der Waals surface area contributed by atoms with Gasteiger partial charge in [0.15, 0.2) is 5.11 Å². The van der Waals surface area contributed by atoms with Gasteiger partial charge in [-0.2, -0.15) is 0 Å². The van der Waals surface area contributed by atoms with Crippen LogP contribution < -0.4 is 14.8 Å². The van der Waals surface area contributed by atoms with Crippen molar-refractivity contribution in [1.82, 2.24) is 9.80 Å². The predicted octanol–water partition coefficient (Wildman–Crippen LogP) is 3.54. The number of ether oxygens (including phenoxy) is 3. The van der Waals surface area contributed by atoms with Gasteiger partial charge in [-0.3, -0.25) is 4.90 Å². The number of rotatable bonds is 8. The van der Waals surface area contributed by atoms with Crippen molar-refractivity contribution < 1.29 is 14.2 Å². The quantitative estimate of drug-likeness (QED) is 0.644. The first-order valence-electron chi connectivity index (χ1n) is 10.2. The van der Waals surface area contributed by atoms with Crippen molar-refractivity contribution in [3.63, 3.8) is 0 Å². The van der Waals surface area contributed by atoms with Crippen LogP contribution in [-0.2, 0) is 11.3 Å².